The number of nitrogens with one attached hydrogen (secondary N) is 1. The van der Waals surface area contributed by atoms with Gasteiger partial charge in [0.25, 0.3) is 10.0 Å². The van der Waals surface area contributed by atoms with Crippen molar-refractivity contribution in [3.63, 3.8) is 0 Å². The Morgan fingerprint density at radius 2 is 1.67 bits per heavy atom. The number of benzene rings is 3. The van der Waals surface area contributed by atoms with Crippen LogP contribution in [-0.4, -0.2) is 44.8 Å². The third kappa shape index (κ3) is 6.39. The van der Waals surface area contributed by atoms with Crippen LogP contribution in [0.3, 0.4) is 0 Å². The Balaban J connectivity index is 2.07. The minimum Gasteiger partial charge on any atom is -0.357 e. The number of sulfonamides is 1. The Hall–Kier alpha value is -2.59. The molecule has 3 rings (SSSR count). The lowest BCUT2D eigenvalue weighted by Gasteiger charge is -2.32. The Morgan fingerprint density at radius 1 is 1.00 bits per heavy atom. The lowest BCUT2D eigenvalue weighted by molar-refractivity contribution is -0.139. The number of rotatable bonds is 9. The van der Waals surface area contributed by atoms with Crippen molar-refractivity contribution in [2.75, 3.05) is 17.9 Å². The van der Waals surface area contributed by atoms with E-state index in [2.05, 4.69) is 21.2 Å². The molecule has 36 heavy (non-hydrogen) atoms. The predicted molar refractivity (Wildman–Crippen MR) is 146 cm³/mol. The van der Waals surface area contributed by atoms with Crippen LogP contribution < -0.4 is 9.62 Å². The average Bonchev–Trinajstić information content (AvgIpc) is 2.87. The fourth-order valence-corrected chi connectivity index (χ4v) is 5.88. The van der Waals surface area contributed by atoms with Crippen molar-refractivity contribution in [2.45, 2.75) is 24.4 Å². The zero-order valence-corrected chi connectivity index (χ0v) is 23.4. The smallest absolute Gasteiger partial charge is 0.264 e. The summed E-state index contributed by atoms with van der Waals surface area (Å²) in [6.07, 6.45) is 0. The van der Waals surface area contributed by atoms with Gasteiger partial charge < -0.3 is 10.2 Å². The van der Waals surface area contributed by atoms with E-state index in [1.807, 2.05) is 24.3 Å². The third-order valence-corrected chi connectivity index (χ3v) is 8.54. The van der Waals surface area contributed by atoms with Crippen LogP contribution in [-0.2, 0) is 26.2 Å². The van der Waals surface area contributed by atoms with Gasteiger partial charge in [0.1, 0.15) is 12.6 Å². The summed E-state index contributed by atoms with van der Waals surface area (Å²) in [7, 11) is -2.75. The second-order valence-electron chi connectivity index (χ2n) is 7.84. The Bertz CT molecular complexity index is 1360. The van der Waals surface area contributed by atoms with Gasteiger partial charge >= 0.3 is 0 Å². The maximum atomic E-state index is 13.7. The molecule has 0 spiro atoms. The van der Waals surface area contributed by atoms with Crippen LogP contribution in [0.2, 0.25) is 10.0 Å². The number of amides is 2. The number of nitrogens with zero attached hydrogens (tertiary/aromatic N) is 2. The number of carbonyl (C=O) groups excluding carboxylic acids is 2. The average molecular weight is 613 g/mol. The van der Waals surface area contributed by atoms with E-state index in [1.165, 1.54) is 36.2 Å². The number of anilines is 1. The number of carbonyl (C=O) groups is 2. The first-order chi connectivity index (χ1) is 17.1. The lowest BCUT2D eigenvalue weighted by Crippen LogP contribution is -2.50. The van der Waals surface area contributed by atoms with Crippen molar-refractivity contribution in [3.05, 3.63) is 92.9 Å². The van der Waals surface area contributed by atoms with Gasteiger partial charge in [-0.1, -0.05) is 75.5 Å². The highest BCUT2D eigenvalue weighted by Gasteiger charge is 2.33. The molecule has 0 bridgehead atoms. The van der Waals surface area contributed by atoms with Crippen molar-refractivity contribution < 1.29 is 18.0 Å². The van der Waals surface area contributed by atoms with Crippen LogP contribution in [0.15, 0.2) is 82.2 Å². The van der Waals surface area contributed by atoms with E-state index in [0.717, 1.165) is 14.3 Å². The largest absolute Gasteiger partial charge is 0.357 e. The maximum absolute atomic E-state index is 13.7. The molecule has 0 aromatic heterocycles. The second kappa shape index (κ2) is 12.1. The van der Waals surface area contributed by atoms with Gasteiger partial charge in [0.2, 0.25) is 11.8 Å². The van der Waals surface area contributed by atoms with Crippen molar-refractivity contribution in [1.82, 2.24) is 10.2 Å². The van der Waals surface area contributed by atoms with Gasteiger partial charge in [-0.3, -0.25) is 13.9 Å². The van der Waals surface area contributed by atoms with Crippen LogP contribution in [0.25, 0.3) is 0 Å². The zero-order chi connectivity index (χ0) is 26.5. The second-order valence-corrected chi connectivity index (χ2v) is 11.4. The van der Waals surface area contributed by atoms with Crippen LogP contribution >= 0.6 is 39.1 Å². The molecule has 0 saturated carbocycles. The lowest BCUT2D eigenvalue weighted by atomic mass is 10.1. The maximum Gasteiger partial charge on any atom is 0.264 e. The number of likely N-dealkylation sites (N-methyl/N-ethyl adjacent to an activating group) is 1. The summed E-state index contributed by atoms with van der Waals surface area (Å²) in [6.45, 7) is 1.05. The van der Waals surface area contributed by atoms with Gasteiger partial charge in [-0.2, -0.15) is 0 Å². The SMILES string of the molecule is CNC(=O)[C@H](C)N(Cc1cccc(Br)c1)C(=O)CN(c1cccc(Cl)c1Cl)S(=O)(=O)c1ccccc1. The highest BCUT2D eigenvalue weighted by atomic mass is 79.9. The van der Waals surface area contributed by atoms with Crippen molar-refractivity contribution in [2.24, 2.45) is 0 Å². The van der Waals surface area contributed by atoms with Gasteiger partial charge in [-0.25, -0.2) is 8.42 Å². The summed E-state index contributed by atoms with van der Waals surface area (Å²) < 4.78 is 29.1. The zero-order valence-electron chi connectivity index (χ0n) is 19.5. The van der Waals surface area contributed by atoms with E-state index in [0.29, 0.717) is 0 Å². The van der Waals surface area contributed by atoms with Crippen molar-refractivity contribution >= 4 is 66.7 Å². The number of hydrogen-bond donors (Lipinski definition) is 1. The Kier molecular flexibility index (Phi) is 9.41. The fourth-order valence-electron chi connectivity index (χ4n) is 3.54. The van der Waals surface area contributed by atoms with Crippen molar-refractivity contribution in [3.8, 4) is 0 Å². The molecule has 0 saturated heterocycles. The molecule has 0 heterocycles. The highest BCUT2D eigenvalue weighted by molar-refractivity contribution is 9.10. The standard InChI is InChI=1S/C25H24BrCl2N3O4S/c1-17(25(33)29-2)30(15-18-8-6-9-19(26)14-18)23(32)16-31(22-13-7-12-21(27)24(22)28)36(34,35)20-10-4-3-5-11-20/h3-14,17H,15-16H2,1-2H3,(H,29,33)/t17-/m0/s1. The van der Waals surface area contributed by atoms with E-state index in [-0.39, 0.29) is 27.2 Å². The summed E-state index contributed by atoms with van der Waals surface area (Å²) in [5.74, 6) is -0.988. The molecule has 0 fully saturated rings. The molecule has 0 unspecified atom stereocenters. The quantitative estimate of drug-likeness (QED) is 0.364. The first kappa shape index (κ1) is 28.0. The molecule has 190 valence electrons. The highest BCUT2D eigenvalue weighted by Crippen LogP contribution is 2.35. The van der Waals surface area contributed by atoms with Crippen LogP contribution in [0, 0.1) is 0 Å². The molecule has 0 aliphatic carbocycles. The molecule has 0 aliphatic heterocycles. The van der Waals surface area contributed by atoms with Gasteiger partial charge in [0.15, 0.2) is 0 Å². The van der Waals surface area contributed by atoms with E-state index in [1.54, 1.807) is 31.2 Å². The molecule has 11 heteroatoms. The molecule has 7 nitrogen and oxygen atoms in total. The minimum atomic E-state index is -4.22. The number of hydrogen-bond acceptors (Lipinski definition) is 4. The van der Waals surface area contributed by atoms with Crippen LogP contribution in [0.4, 0.5) is 5.69 Å². The van der Waals surface area contributed by atoms with E-state index >= 15 is 0 Å². The number of halogens is 3. The van der Waals surface area contributed by atoms with Gasteiger partial charge in [0.05, 0.1) is 20.6 Å². The summed E-state index contributed by atoms with van der Waals surface area (Å²) in [5, 5.41) is 2.67. The Morgan fingerprint density at radius 3 is 2.31 bits per heavy atom. The molecular formula is C25H24BrCl2N3O4S. The first-order valence-electron chi connectivity index (χ1n) is 10.8. The fraction of sp³-hybridized carbons (Fsp3) is 0.200. The molecule has 0 radical (unpaired) electrons. The van der Waals surface area contributed by atoms with E-state index in [9.17, 15) is 18.0 Å². The predicted octanol–water partition coefficient (Wildman–Crippen LogP) is 5.11. The summed E-state index contributed by atoms with van der Waals surface area (Å²) in [6, 6.07) is 18.7. The van der Waals surface area contributed by atoms with E-state index < -0.39 is 34.4 Å². The summed E-state index contributed by atoms with van der Waals surface area (Å²) in [4.78, 5) is 27.5. The van der Waals surface area contributed by atoms with E-state index in [4.69, 9.17) is 23.2 Å². The van der Waals surface area contributed by atoms with Crippen LogP contribution in [0.1, 0.15) is 12.5 Å². The third-order valence-electron chi connectivity index (χ3n) is 5.47. The molecule has 1 atom stereocenters. The summed E-state index contributed by atoms with van der Waals surface area (Å²) in [5.41, 5.74) is 0.808. The molecule has 1 N–H and O–H groups in total. The molecule has 3 aromatic rings. The van der Waals surface area contributed by atoms with Gasteiger partial charge in [0, 0.05) is 18.1 Å². The Labute approximate surface area is 229 Å². The summed E-state index contributed by atoms with van der Waals surface area (Å²) >= 11 is 16.0. The monoisotopic (exact) mass is 611 g/mol. The molecule has 0 aliphatic rings. The van der Waals surface area contributed by atoms with Gasteiger partial charge in [-0.05, 0) is 48.9 Å². The van der Waals surface area contributed by atoms with Crippen LogP contribution in [0.5, 0.6) is 0 Å². The first-order valence-corrected chi connectivity index (χ1v) is 13.8. The minimum absolute atomic E-state index is 0.00985. The molecular weight excluding hydrogens is 589 g/mol. The van der Waals surface area contributed by atoms with Gasteiger partial charge in [-0.15, -0.1) is 0 Å². The normalized spacial score (nSPS) is 12.0. The van der Waals surface area contributed by atoms with Crippen molar-refractivity contribution in [1.29, 1.82) is 0 Å². The molecule has 2 amide bonds. The topological polar surface area (TPSA) is 86.8 Å². The molecule has 3 aromatic carbocycles.